The fourth-order valence-electron chi connectivity index (χ4n) is 1.10. The number of aliphatic carboxylic acids is 1. The van der Waals surface area contributed by atoms with Crippen molar-refractivity contribution in [2.45, 2.75) is 27.2 Å². The number of alkyl halides is 1. The fraction of sp³-hybridized carbons (Fsp3) is 0.875. The molecule has 0 rings (SSSR count). The first kappa shape index (κ1) is 10.4. The predicted octanol–water partition coefficient (Wildman–Crippen LogP) is 2.09. The zero-order valence-electron chi connectivity index (χ0n) is 7.22. The van der Waals surface area contributed by atoms with E-state index >= 15 is 0 Å². The molecule has 1 unspecified atom stereocenters. The zero-order chi connectivity index (χ0) is 9.07. The third-order valence-corrected chi connectivity index (χ3v) is 1.67. The SMILES string of the molecule is CC(C)CC(C)(CF)C(=O)O. The molecule has 0 aliphatic carbocycles. The molecule has 0 fully saturated rings. The molecule has 3 heteroatoms. The van der Waals surface area contributed by atoms with Gasteiger partial charge in [0.2, 0.25) is 0 Å². The van der Waals surface area contributed by atoms with Gasteiger partial charge in [0.25, 0.3) is 0 Å². The quantitative estimate of drug-likeness (QED) is 0.687. The van der Waals surface area contributed by atoms with Crippen LogP contribution in [0.1, 0.15) is 27.2 Å². The molecule has 1 atom stereocenters. The van der Waals surface area contributed by atoms with E-state index < -0.39 is 18.1 Å². The molecule has 0 aromatic heterocycles. The maximum atomic E-state index is 12.3. The van der Waals surface area contributed by atoms with Crippen molar-refractivity contribution in [1.29, 1.82) is 0 Å². The average Bonchev–Trinajstić information content (AvgIpc) is 1.86. The molecule has 0 aromatic carbocycles. The van der Waals surface area contributed by atoms with Gasteiger partial charge < -0.3 is 5.11 Å². The van der Waals surface area contributed by atoms with Crippen LogP contribution in [0.25, 0.3) is 0 Å². The van der Waals surface area contributed by atoms with Gasteiger partial charge in [0.15, 0.2) is 0 Å². The summed E-state index contributed by atoms with van der Waals surface area (Å²) >= 11 is 0. The van der Waals surface area contributed by atoms with E-state index in [1.807, 2.05) is 13.8 Å². The molecule has 0 aliphatic rings. The van der Waals surface area contributed by atoms with Gasteiger partial charge in [-0.05, 0) is 19.3 Å². The maximum Gasteiger partial charge on any atom is 0.312 e. The van der Waals surface area contributed by atoms with E-state index in [2.05, 4.69) is 0 Å². The van der Waals surface area contributed by atoms with Crippen molar-refractivity contribution >= 4 is 5.97 Å². The van der Waals surface area contributed by atoms with Gasteiger partial charge in [-0.15, -0.1) is 0 Å². The number of hydrogen-bond donors (Lipinski definition) is 1. The average molecular weight is 162 g/mol. The summed E-state index contributed by atoms with van der Waals surface area (Å²) in [7, 11) is 0. The second-order valence-electron chi connectivity index (χ2n) is 3.60. The van der Waals surface area contributed by atoms with E-state index in [1.54, 1.807) is 0 Å². The lowest BCUT2D eigenvalue weighted by atomic mass is 9.83. The lowest BCUT2D eigenvalue weighted by Gasteiger charge is -2.22. The van der Waals surface area contributed by atoms with Crippen LogP contribution in [-0.4, -0.2) is 17.8 Å². The van der Waals surface area contributed by atoms with Gasteiger partial charge in [-0.1, -0.05) is 13.8 Å². The number of halogens is 1. The van der Waals surface area contributed by atoms with Gasteiger partial charge in [-0.2, -0.15) is 0 Å². The Morgan fingerprint density at radius 3 is 2.18 bits per heavy atom. The van der Waals surface area contributed by atoms with Crippen molar-refractivity contribution in [2.24, 2.45) is 11.3 Å². The minimum Gasteiger partial charge on any atom is -0.481 e. The lowest BCUT2D eigenvalue weighted by Crippen LogP contribution is -2.31. The molecule has 0 heterocycles. The largest absolute Gasteiger partial charge is 0.481 e. The highest BCUT2D eigenvalue weighted by Gasteiger charge is 2.33. The number of carboxylic acids is 1. The standard InChI is InChI=1S/C8H15FO2/c1-6(2)4-8(3,5-9)7(10)11/h6H,4-5H2,1-3H3,(H,10,11). The summed E-state index contributed by atoms with van der Waals surface area (Å²) in [5.74, 6) is -0.833. The monoisotopic (exact) mass is 162 g/mol. The van der Waals surface area contributed by atoms with Gasteiger partial charge in [0, 0.05) is 0 Å². The summed E-state index contributed by atoms with van der Waals surface area (Å²) < 4.78 is 12.3. The number of carboxylic acid groups (broad SMARTS) is 1. The topological polar surface area (TPSA) is 37.3 Å². The Kier molecular flexibility index (Phi) is 3.49. The zero-order valence-corrected chi connectivity index (χ0v) is 7.22. The summed E-state index contributed by atoms with van der Waals surface area (Å²) in [5, 5.41) is 8.64. The molecule has 0 amide bonds. The van der Waals surface area contributed by atoms with Crippen LogP contribution in [0.5, 0.6) is 0 Å². The van der Waals surface area contributed by atoms with Crippen molar-refractivity contribution < 1.29 is 14.3 Å². The van der Waals surface area contributed by atoms with Gasteiger partial charge in [-0.3, -0.25) is 4.79 Å². The van der Waals surface area contributed by atoms with Gasteiger partial charge in [0.05, 0.1) is 5.41 Å². The van der Waals surface area contributed by atoms with Gasteiger partial charge in [0.1, 0.15) is 6.67 Å². The summed E-state index contributed by atoms with van der Waals surface area (Å²) in [6.07, 6.45) is 0.388. The Bertz CT molecular complexity index is 145. The van der Waals surface area contributed by atoms with E-state index in [0.717, 1.165) is 0 Å². The molecule has 11 heavy (non-hydrogen) atoms. The van der Waals surface area contributed by atoms with E-state index in [-0.39, 0.29) is 5.92 Å². The summed E-state index contributed by atoms with van der Waals surface area (Å²) in [5.41, 5.74) is -1.19. The van der Waals surface area contributed by atoms with Crippen molar-refractivity contribution in [1.82, 2.24) is 0 Å². The second-order valence-corrected chi connectivity index (χ2v) is 3.60. The predicted molar refractivity (Wildman–Crippen MR) is 41.2 cm³/mol. The molecule has 66 valence electrons. The van der Waals surface area contributed by atoms with Crippen molar-refractivity contribution in [3.8, 4) is 0 Å². The molecule has 1 N–H and O–H groups in total. The van der Waals surface area contributed by atoms with Crippen LogP contribution in [0.3, 0.4) is 0 Å². The second kappa shape index (κ2) is 3.69. The fourth-order valence-corrected chi connectivity index (χ4v) is 1.10. The third-order valence-electron chi connectivity index (χ3n) is 1.67. The van der Waals surface area contributed by atoms with Gasteiger partial charge >= 0.3 is 5.97 Å². The van der Waals surface area contributed by atoms with E-state index in [1.165, 1.54) is 6.92 Å². The third kappa shape index (κ3) is 2.87. The van der Waals surface area contributed by atoms with E-state index in [0.29, 0.717) is 6.42 Å². The first-order valence-electron chi connectivity index (χ1n) is 3.72. The Morgan fingerprint density at radius 1 is 1.64 bits per heavy atom. The number of hydrogen-bond acceptors (Lipinski definition) is 1. The minimum atomic E-state index is -1.19. The number of rotatable bonds is 4. The minimum absolute atomic E-state index is 0.215. The molecular weight excluding hydrogens is 147 g/mol. The van der Waals surface area contributed by atoms with Crippen LogP contribution < -0.4 is 0 Å². The molecule has 0 bridgehead atoms. The highest BCUT2D eigenvalue weighted by atomic mass is 19.1. The van der Waals surface area contributed by atoms with Crippen LogP contribution in [0.2, 0.25) is 0 Å². The molecule has 0 spiro atoms. The molecule has 2 nitrogen and oxygen atoms in total. The molecule has 0 radical (unpaired) electrons. The normalized spacial score (nSPS) is 16.5. The van der Waals surface area contributed by atoms with Crippen LogP contribution >= 0.6 is 0 Å². The summed E-state index contributed by atoms with van der Waals surface area (Å²) in [6, 6.07) is 0. The first-order chi connectivity index (χ1) is 4.92. The number of carbonyl (C=O) groups is 1. The summed E-state index contributed by atoms with van der Waals surface area (Å²) in [4.78, 5) is 10.5. The maximum absolute atomic E-state index is 12.3. The van der Waals surface area contributed by atoms with Crippen molar-refractivity contribution in [2.75, 3.05) is 6.67 Å². The molecule has 0 aromatic rings. The molecule has 0 saturated heterocycles. The summed E-state index contributed by atoms with van der Waals surface area (Å²) in [6.45, 7) is 4.42. The highest BCUT2D eigenvalue weighted by Crippen LogP contribution is 2.26. The first-order valence-corrected chi connectivity index (χ1v) is 3.72. The van der Waals surface area contributed by atoms with Crippen LogP contribution in [0.15, 0.2) is 0 Å². The molecule has 0 aliphatic heterocycles. The smallest absolute Gasteiger partial charge is 0.312 e. The Balaban J connectivity index is 4.22. The molecular formula is C8H15FO2. The van der Waals surface area contributed by atoms with Crippen molar-refractivity contribution in [3.63, 3.8) is 0 Å². The Labute approximate surface area is 66.4 Å². The Hall–Kier alpha value is -0.600. The van der Waals surface area contributed by atoms with Gasteiger partial charge in [-0.25, -0.2) is 4.39 Å². The van der Waals surface area contributed by atoms with E-state index in [4.69, 9.17) is 5.11 Å². The highest BCUT2D eigenvalue weighted by molar-refractivity contribution is 5.74. The van der Waals surface area contributed by atoms with Crippen molar-refractivity contribution in [3.05, 3.63) is 0 Å². The molecule has 0 saturated carbocycles. The van der Waals surface area contributed by atoms with Crippen LogP contribution in [0.4, 0.5) is 4.39 Å². The lowest BCUT2D eigenvalue weighted by molar-refractivity contribution is -0.149. The van der Waals surface area contributed by atoms with E-state index in [9.17, 15) is 9.18 Å². The Morgan fingerprint density at radius 2 is 2.09 bits per heavy atom. The van der Waals surface area contributed by atoms with Crippen LogP contribution in [-0.2, 0) is 4.79 Å². The van der Waals surface area contributed by atoms with Crippen LogP contribution in [0, 0.1) is 11.3 Å².